The van der Waals surface area contributed by atoms with Gasteiger partial charge in [-0.3, -0.25) is 15.4 Å². The zero-order chi connectivity index (χ0) is 109. The molecule has 0 aliphatic rings. The molecule has 71 heteroatoms. The van der Waals surface area contributed by atoms with Crippen LogP contribution < -0.4 is 95.2 Å². The van der Waals surface area contributed by atoms with Gasteiger partial charge < -0.3 is 87.7 Å². The van der Waals surface area contributed by atoms with E-state index in [0.29, 0.717) is 39.1 Å². The van der Waals surface area contributed by atoms with Crippen LogP contribution in [-0.4, -0.2) is 268 Å². The molecule has 0 spiro atoms. The van der Waals surface area contributed by atoms with Gasteiger partial charge >= 0.3 is 78.6 Å². The Kier molecular flexibility index (Phi) is 46.6. The minimum absolute atomic E-state index is 0.00507. The summed E-state index contributed by atoms with van der Waals surface area (Å²) in [6.07, 6.45) is -3.19. The van der Waals surface area contributed by atoms with Crippen LogP contribution in [0.1, 0.15) is 36.6 Å². The first-order valence-electron chi connectivity index (χ1n) is 40.4. The Labute approximate surface area is 837 Å². The number of hydrogen-bond acceptors (Lipinski definition) is 62. The monoisotopic (exact) mass is 2220 g/mol. The molecule has 12 aromatic rings. The van der Waals surface area contributed by atoms with Crippen LogP contribution in [0.2, 0.25) is 0 Å². The average Bonchev–Trinajstić information content (AvgIpc) is 0.763. The lowest BCUT2D eigenvalue weighted by Gasteiger charge is -2.14. The molecule has 147 heavy (non-hydrogen) atoms. The number of carboxylic acid groups (broad SMARTS) is 1. The normalized spacial score (nSPS) is 12.2. The van der Waals surface area contributed by atoms with Gasteiger partial charge in [-0.05, 0) is 119 Å². The molecular formula is C76H94N26O37S8. The molecule has 3 aromatic heterocycles. The smallest absolute Gasteiger partial charge is 0.356 e. The van der Waals surface area contributed by atoms with Crippen molar-refractivity contribution in [3.63, 3.8) is 0 Å². The predicted molar refractivity (Wildman–Crippen MR) is 517 cm³/mol. The maximum absolute atomic E-state index is 11.9. The number of aryl methyl sites for hydroxylation is 1. The van der Waals surface area contributed by atoms with E-state index in [1.807, 2.05) is 0 Å². The number of hydrazine groups is 1. The van der Waals surface area contributed by atoms with E-state index in [0.717, 1.165) is 34.4 Å². The van der Waals surface area contributed by atoms with Crippen molar-refractivity contribution in [3.05, 3.63) is 198 Å². The zero-order valence-corrected chi connectivity index (χ0v) is 81.9. The van der Waals surface area contributed by atoms with E-state index < -0.39 is 142 Å². The molecule has 0 radical (unpaired) electrons. The Morgan fingerprint density at radius 3 is 1.15 bits per heavy atom. The maximum Gasteiger partial charge on any atom is 0.356 e. The number of aromatic nitrogens is 9. The summed E-state index contributed by atoms with van der Waals surface area (Å²) < 4.78 is 198. The molecule has 0 saturated carbocycles. The fourth-order valence-electron chi connectivity index (χ4n) is 11.4. The molecule has 0 aliphatic heterocycles. The number of hydrogen-bond donors (Lipinski definition) is 27. The Balaban J connectivity index is 0.000000244. The van der Waals surface area contributed by atoms with Crippen molar-refractivity contribution in [1.29, 1.82) is 0 Å². The molecule has 12 rings (SSSR count). The van der Waals surface area contributed by atoms with Gasteiger partial charge in [0.25, 0.3) is 10.1 Å². The van der Waals surface area contributed by atoms with Crippen molar-refractivity contribution < 1.29 is 169 Å². The number of carbonyl (C=O) groups excluding carboxylic acids is 2. The van der Waals surface area contributed by atoms with Crippen molar-refractivity contribution in [1.82, 2.24) is 44.9 Å². The standard InChI is InChI=1S/C16H30N12O10S2.C15H20N6O5.C12H12N2O6S2.C12H10N2O4.C11H12N2O6S2.C10H10N2O6S2/c29-7-9(31)5-19-13-21-11(17-1-3-39-38-37-33)23-15(25-13)27-28-16-24-12(18-2-4-40(34,35)36)22-14(26-16)20-6-10(32)8-30;22-6-5-16-13-19-14(17-7-9(24)8-23)21-15(20-13)18-11-4-2-1-3-10(11)12(25)26;13-19-21(15,16)11-5-1-9(2-6-11)10-3-7-12(8-4-10)22(17,18)20-14;13-17-11(15)9-3-1-7-5-10(12(16)18-14)4-2-8(7)6-9;1-7-2-3-10-8(4-7)5-9(20(14,15)18-12)6-11(10)21(16,17)19-13;11-17-19(13,14)9-5-1-3-7-8(9)4-2-6-10(7)20(15,16)18-12/h9-10,29-33H,1-8H2,(H,34,35,36)(H3,17,19,21,23,25,27)(H3,18,20,22,24,26,28);1-4,9,22-24H,5-8H2,(H,25,26)(H3,16,17,18,19,20,21);1-8H,13-14H2;1-6H,13-14H2;2-6H,12-13H2,1H3;1-6H,11-12H2. The number of anilines is 10. The number of fused-ring (bicyclic) bond motifs is 3. The molecule has 9 aromatic carbocycles. The average molecular weight is 2220 g/mol. The van der Waals surface area contributed by atoms with Crippen LogP contribution in [0.5, 0.6) is 0 Å². The molecule has 3 heterocycles. The van der Waals surface area contributed by atoms with E-state index in [9.17, 15) is 93.7 Å². The second-order valence-corrected chi connectivity index (χ2v) is 39.9. The summed E-state index contributed by atoms with van der Waals surface area (Å²) in [5.74, 6) is 35.3. The first-order valence-corrected chi connectivity index (χ1v) is 51.4. The van der Waals surface area contributed by atoms with Crippen LogP contribution in [0.3, 0.4) is 0 Å². The van der Waals surface area contributed by atoms with Crippen molar-refractivity contribution in [2.75, 3.05) is 125 Å². The largest absolute Gasteiger partial charge is 0.478 e. The molecule has 0 aliphatic carbocycles. The third-order valence-electron chi connectivity index (χ3n) is 18.2. The Hall–Kier alpha value is -13.6. The van der Waals surface area contributed by atoms with Gasteiger partial charge in [-0.1, -0.05) is 102 Å². The fourth-order valence-corrected chi connectivity index (χ4v) is 16.3. The molecule has 0 fully saturated rings. The van der Waals surface area contributed by atoms with Gasteiger partial charge in [0.1, 0.15) is 14.7 Å². The number of para-hydroxylation sites is 1. The van der Waals surface area contributed by atoms with E-state index in [1.54, 1.807) is 73.7 Å². The highest BCUT2D eigenvalue weighted by Gasteiger charge is 2.28. The molecule has 35 N–H and O–H groups in total. The van der Waals surface area contributed by atoms with Gasteiger partial charge in [-0.25, -0.2) is 19.6 Å². The first kappa shape index (κ1) is 120. The number of carbonyl (C=O) groups is 3. The molecule has 0 bridgehead atoms. The number of nitrogens with zero attached hydrogens (tertiary/aromatic N) is 9. The van der Waals surface area contributed by atoms with Crippen molar-refractivity contribution in [3.8, 4) is 11.1 Å². The molecule has 0 saturated heterocycles. The van der Waals surface area contributed by atoms with Crippen LogP contribution in [0, 0.1) is 6.92 Å². The van der Waals surface area contributed by atoms with Crippen LogP contribution >= 0.6 is 12.0 Å². The molecular weight excluding hydrogens is 2130 g/mol. The number of nitrogens with two attached hydrogens (primary N) is 8. The second kappa shape index (κ2) is 56.9. The summed E-state index contributed by atoms with van der Waals surface area (Å²) in [5.41, 5.74) is 8.43. The van der Waals surface area contributed by atoms with Crippen LogP contribution in [0.15, 0.2) is 205 Å². The minimum atomic E-state index is -4.31. The van der Waals surface area contributed by atoms with Crippen molar-refractivity contribution in [2.24, 2.45) is 47.2 Å². The lowest BCUT2D eigenvalue weighted by Crippen LogP contribution is -2.25. The summed E-state index contributed by atoms with van der Waals surface area (Å²) in [4.78, 5) is 77.4. The highest BCUT2D eigenvalue weighted by molar-refractivity contribution is 7.94. The van der Waals surface area contributed by atoms with E-state index in [-0.39, 0.29) is 141 Å². The van der Waals surface area contributed by atoms with E-state index in [2.05, 4.69) is 138 Å². The van der Waals surface area contributed by atoms with Crippen molar-refractivity contribution in [2.45, 2.75) is 54.6 Å². The summed E-state index contributed by atoms with van der Waals surface area (Å²) >= 11 is 0.801. The Bertz CT molecular complexity index is 7160. The number of rotatable bonds is 46. The number of aliphatic hydroxyl groups is 7. The quantitative estimate of drug-likeness (QED) is 0.00645. The Morgan fingerprint density at radius 1 is 0.381 bits per heavy atom. The summed E-state index contributed by atoms with van der Waals surface area (Å²) in [7, 11) is -29.1. The number of aromatic carboxylic acids is 1. The van der Waals surface area contributed by atoms with Gasteiger partial charge in [0, 0.05) is 73.2 Å². The topological polar surface area (TPSA) is 1020 Å². The third kappa shape index (κ3) is 37.1. The van der Waals surface area contributed by atoms with Crippen LogP contribution in [0.25, 0.3) is 43.4 Å². The number of benzene rings is 9. The number of nitrogens with one attached hydrogen (secondary N) is 9. The second-order valence-electron chi connectivity index (χ2n) is 28.2. The predicted octanol–water partition coefficient (Wildman–Crippen LogP) is -1.99. The van der Waals surface area contributed by atoms with Gasteiger partial charge in [0.15, 0.2) is 0 Å². The van der Waals surface area contributed by atoms with Crippen molar-refractivity contribution >= 4 is 192 Å². The number of carboxylic acids is 1. The van der Waals surface area contributed by atoms with Gasteiger partial charge in [0.05, 0.1) is 87.6 Å². The molecule has 798 valence electrons. The summed E-state index contributed by atoms with van der Waals surface area (Å²) in [5, 5.41) is 107. The van der Waals surface area contributed by atoms with E-state index >= 15 is 0 Å². The highest BCUT2D eigenvalue weighted by Crippen LogP contribution is 2.33. The maximum atomic E-state index is 11.9. The number of aliphatic hydroxyl groups excluding tert-OH is 7. The fraction of sp³-hybridized carbons (Fsp3) is 0.211. The van der Waals surface area contributed by atoms with E-state index in [1.165, 1.54) is 103 Å². The van der Waals surface area contributed by atoms with Crippen LogP contribution in [-0.2, 0) is 116 Å². The Morgan fingerprint density at radius 2 is 0.762 bits per heavy atom. The van der Waals surface area contributed by atoms with Crippen LogP contribution in [0.4, 0.5) is 59.2 Å². The molecule has 3 unspecified atom stereocenters. The van der Waals surface area contributed by atoms with Gasteiger partial charge in [0.2, 0.25) is 53.5 Å². The molecule has 3 atom stereocenters. The zero-order valence-electron chi connectivity index (χ0n) is 75.4. The highest BCUT2D eigenvalue weighted by atomic mass is 32.2. The minimum Gasteiger partial charge on any atom is -0.478 e. The molecule has 0 amide bonds. The van der Waals surface area contributed by atoms with Gasteiger partial charge in [-0.2, -0.15) is 177 Å². The first-order chi connectivity index (χ1) is 69.6. The van der Waals surface area contributed by atoms with E-state index in [4.69, 9.17) is 77.4 Å². The third-order valence-corrected chi connectivity index (χ3v) is 26.1. The lowest BCUT2D eigenvalue weighted by atomic mass is 10.0. The lowest BCUT2D eigenvalue weighted by molar-refractivity contribution is -0.432. The summed E-state index contributed by atoms with van der Waals surface area (Å²) in [6.45, 7) is 0.232. The SMILES string of the molecule is Cc1ccc2c(S(=O)(=O)ON)cc(S(=O)(=O)ON)cc2c1.NOC(=O)c1ccc2cc(C(=O)ON)ccc2c1.NOS(=O)(=O)c1ccc(-c2ccc(S(=O)(=O)ON)cc2)cc1.NOS(=O)(=O)c1cccc2c(S(=O)(=O)ON)cccc12.O=C(O)c1ccccc1Nc1nc(NCCO)nc(NCC(O)CO)n1.O=S(=O)(O)CCNc1nc(NCC(O)CO)nc(NNc2nc(NCCSOOO)nc(NCC(O)CO)n2)n1. The summed E-state index contributed by atoms with van der Waals surface area (Å²) in [6, 6.07) is 42.3. The molecule has 63 nitrogen and oxygen atoms in total. The van der Waals surface area contributed by atoms with Gasteiger partial charge in [-0.15, -0.1) is 4.33 Å².